The van der Waals surface area contributed by atoms with E-state index in [9.17, 15) is 0 Å². The molecule has 2 aliphatic rings. The van der Waals surface area contributed by atoms with E-state index in [1.165, 1.54) is 0 Å². The third kappa shape index (κ3) is 3.22. The van der Waals surface area contributed by atoms with Crippen LogP contribution in [0.2, 0.25) is 0 Å². The molecule has 1 saturated heterocycles. The van der Waals surface area contributed by atoms with Crippen LogP contribution in [0.5, 0.6) is 0 Å². The molecule has 1 heterocycles. The molecule has 18 heavy (non-hydrogen) atoms. The van der Waals surface area contributed by atoms with Crippen molar-refractivity contribution in [2.45, 2.75) is 65.6 Å². The maximum atomic E-state index is 5.36. The summed E-state index contributed by atoms with van der Waals surface area (Å²) in [5, 5.41) is 0. The number of hydrogen-bond acceptors (Lipinski definition) is 5. The van der Waals surface area contributed by atoms with Crippen molar-refractivity contribution in [3.63, 3.8) is 0 Å². The topological polar surface area (TPSA) is 46.2 Å². The molecule has 2 fully saturated rings. The summed E-state index contributed by atoms with van der Waals surface area (Å²) in [5.74, 6) is -0.0602. The SMILES string of the molecule is CCOC1OOC2(CCC(C(C)(C)C)CC2)OO1. The first-order chi connectivity index (χ1) is 8.45. The van der Waals surface area contributed by atoms with Crippen molar-refractivity contribution in [3.8, 4) is 0 Å². The summed E-state index contributed by atoms with van der Waals surface area (Å²) in [6, 6.07) is 0. The van der Waals surface area contributed by atoms with Gasteiger partial charge in [-0.1, -0.05) is 20.8 Å². The molecule has 0 atom stereocenters. The summed E-state index contributed by atoms with van der Waals surface area (Å²) >= 11 is 0. The lowest BCUT2D eigenvalue weighted by Gasteiger charge is -2.43. The van der Waals surface area contributed by atoms with Crippen LogP contribution in [0.15, 0.2) is 0 Å². The van der Waals surface area contributed by atoms with Gasteiger partial charge in [0.05, 0.1) is 0 Å². The smallest absolute Gasteiger partial charge is 0.327 e. The summed E-state index contributed by atoms with van der Waals surface area (Å²) in [6.45, 7) is 8.28. The van der Waals surface area contributed by atoms with Crippen molar-refractivity contribution >= 4 is 0 Å². The van der Waals surface area contributed by atoms with Gasteiger partial charge in [0.2, 0.25) is 5.79 Å². The van der Waals surface area contributed by atoms with E-state index in [1.807, 2.05) is 6.92 Å². The molecule has 0 N–H and O–H groups in total. The quantitative estimate of drug-likeness (QED) is 0.714. The molecule has 2 rings (SSSR count). The van der Waals surface area contributed by atoms with Gasteiger partial charge in [0.1, 0.15) is 0 Å². The Balaban J connectivity index is 1.83. The predicted octanol–water partition coefficient (Wildman–Crippen LogP) is 3.15. The van der Waals surface area contributed by atoms with Crippen LogP contribution in [0.3, 0.4) is 0 Å². The molecular weight excluding hydrogens is 236 g/mol. The van der Waals surface area contributed by atoms with Crippen molar-refractivity contribution in [3.05, 3.63) is 0 Å². The Morgan fingerprint density at radius 2 is 1.67 bits per heavy atom. The Labute approximate surface area is 109 Å². The van der Waals surface area contributed by atoms with Gasteiger partial charge < -0.3 is 4.74 Å². The van der Waals surface area contributed by atoms with Gasteiger partial charge in [-0.05, 0) is 31.1 Å². The van der Waals surface area contributed by atoms with Crippen molar-refractivity contribution in [1.82, 2.24) is 0 Å². The van der Waals surface area contributed by atoms with E-state index < -0.39 is 12.3 Å². The van der Waals surface area contributed by atoms with Crippen LogP contribution in [0.25, 0.3) is 0 Å². The molecule has 0 amide bonds. The fourth-order valence-electron chi connectivity index (χ4n) is 2.57. The minimum absolute atomic E-state index is 0.325. The normalized spacial score (nSPS) is 38.0. The monoisotopic (exact) mass is 260 g/mol. The van der Waals surface area contributed by atoms with E-state index in [1.54, 1.807) is 0 Å². The average Bonchev–Trinajstić information content (AvgIpc) is 2.32. The number of ether oxygens (including phenoxy) is 1. The summed E-state index contributed by atoms with van der Waals surface area (Å²) in [4.78, 5) is 20.8. The zero-order valence-corrected chi connectivity index (χ0v) is 11.7. The highest BCUT2D eigenvalue weighted by Crippen LogP contribution is 2.44. The Hall–Kier alpha value is -0.200. The van der Waals surface area contributed by atoms with E-state index in [0.29, 0.717) is 17.9 Å². The van der Waals surface area contributed by atoms with Crippen LogP contribution in [0, 0.1) is 11.3 Å². The van der Waals surface area contributed by atoms with Gasteiger partial charge in [-0.2, -0.15) is 19.6 Å². The van der Waals surface area contributed by atoms with Crippen molar-refractivity contribution in [2.24, 2.45) is 11.3 Å². The Morgan fingerprint density at radius 3 is 2.11 bits per heavy atom. The Kier molecular flexibility index (Phi) is 4.29. The first-order valence-electron chi connectivity index (χ1n) is 6.76. The first kappa shape index (κ1) is 14.2. The van der Waals surface area contributed by atoms with E-state index in [0.717, 1.165) is 25.7 Å². The van der Waals surface area contributed by atoms with Gasteiger partial charge in [0, 0.05) is 19.4 Å². The summed E-state index contributed by atoms with van der Waals surface area (Å²) in [5.41, 5.74) is 0.325. The summed E-state index contributed by atoms with van der Waals surface area (Å²) in [7, 11) is 0. The Morgan fingerprint density at radius 1 is 1.11 bits per heavy atom. The molecule has 0 aromatic carbocycles. The first-order valence-corrected chi connectivity index (χ1v) is 6.76. The van der Waals surface area contributed by atoms with Crippen LogP contribution >= 0.6 is 0 Å². The van der Waals surface area contributed by atoms with Crippen LogP contribution in [0.1, 0.15) is 53.4 Å². The molecular formula is C13H24O5. The molecule has 1 saturated carbocycles. The average molecular weight is 260 g/mol. The van der Waals surface area contributed by atoms with Gasteiger partial charge in [0.25, 0.3) is 0 Å². The van der Waals surface area contributed by atoms with E-state index in [2.05, 4.69) is 20.8 Å². The lowest BCUT2D eigenvalue weighted by molar-refractivity contribution is -0.661. The maximum Gasteiger partial charge on any atom is 0.329 e. The van der Waals surface area contributed by atoms with Crippen molar-refractivity contribution in [1.29, 1.82) is 0 Å². The van der Waals surface area contributed by atoms with Gasteiger partial charge in [-0.3, -0.25) is 0 Å². The fourth-order valence-corrected chi connectivity index (χ4v) is 2.57. The second-order valence-electron chi connectivity index (χ2n) is 6.15. The van der Waals surface area contributed by atoms with Gasteiger partial charge in [0.15, 0.2) is 0 Å². The zero-order chi connectivity index (χ0) is 13.2. The third-order valence-corrected chi connectivity index (χ3v) is 3.83. The second kappa shape index (κ2) is 5.43. The van der Waals surface area contributed by atoms with Gasteiger partial charge in [-0.25, -0.2) is 0 Å². The second-order valence-corrected chi connectivity index (χ2v) is 6.15. The minimum atomic E-state index is -0.874. The Bertz CT molecular complexity index is 255. The molecule has 106 valence electrons. The van der Waals surface area contributed by atoms with Crippen LogP contribution in [-0.2, 0) is 24.3 Å². The highest BCUT2D eigenvalue weighted by molar-refractivity contribution is 4.84. The molecule has 5 nitrogen and oxygen atoms in total. The molecule has 5 heteroatoms. The lowest BCUT2D eigenvalue weighted by atomic mass is 9.71. The lowest BCUT2D eigenvalue weighted by Crippen LogP contribution is -2.48. The molecule has 1 aliphatic heterocycles. The van der Waals surface area contributed by atoms with Crippen LogP contribution in [0.4, 0.5) is 0 Å². The largest absolute Gasteiger partial charge is 0.329 e. The highest BCUT2D eigenvalue weighted by atomic mass is 17.4. The molecule has 1 aliphatic carbocycles. The molecule has 0 unspecified atom stereocenters. The molecule has 0 bridgehead atoms. The van der Waals surface area contributed by atoms with Gasteiger partial charge >= 0.3 is 6.48 Å². The number of rotatable bonds is 2. The molecule has 0 radical (unpaired) electrons. The van der Waals surface area contributed by atoms with Crippen LogP contribution < -0.4 is 0 Å². The van der Waals surface area contributed by atoms with Gasteiger partial charge in [-0.15, -0.1) is 0 Å². The van der Waals surface area contributed by atoms with E-state index in [4.69, 9.17) is 24.3 Å². The summed E-state index contributed by atoms with van der Waals surface area (Å²) in [6.07, 6.45) is 3.67. The van der Waals surface area contributed by atoms with Crippen molar-refractivity contribution < 1.29 is 24.3 Å². The highest BCUT2D eigenvalue weighted by Gasteiger charge is 2.46. The van der Waals surface area contributed by atoms with E-state index in [-0.39, 0.29) is 0 Å². The zero-order valence-electron chi connectivity index (χ0n) is 11.7. The third-order valence-electron chi connectivity index (χ3n) is 3.83. The maximum absolute atomic E-state index is 5.36. The molecule has 0 aromatic heterocycles. The number of hydrogen-bond donors (Lipinski definition) is 0. The fraction of sp³-hybridized carbons (Fsp3) is 1.00. The molecule has 0 aromatic rings. The summed E-state index contributed by atoms with van der Waals surface area (Å²) < 4.78 is 5.10. The predicted molar refractivity (Wildman–Crippen MR) is 63.9 cm³/mol. The molecule has 1 spiro atoms. The standard InChI is InChI=1S/C13H24O5/c1-5-14-11-15-17-13(18-16-11)8-6-10(7-9-13)12(2,3)4/h10-11H,5-9H2,1-4H3. The minimum Gasteiger partial charge on any atom is -0.327 e. The van der Waals surface area contributed by atoms with E-state index >= 15 is 0 Å². The van der Waals surface area contributed by atoms with Crippen LogP contribution in [-0.4, -0.2) is 18.9 Å². The van der Waals surface area contributed by atoms with Crippen molar-refractivity contribution in [2.75, 3.05) is 6.61 Å².